The van der Waals surface area contributed by atoms with Crippen LogP contribution in [0.1, 0.15) is 25.0 Å². The number of nitrogens with one attached hydrogen (secondary N) is 1. The van der Waals surface area contributed by atoms with Gasteiger partial charge in [-0.25, -0.2) is 4.99 Å². The monoisotopic (exact) mass is 340 g/mol. The largest absolute Gasteiger partial charge is 0.497 e. The van der Waals surface area contributed by atoms with Crippen LogP contribution in [0.2, 0.25) is 0 Å². The van der Waals surface area contributed by atoms with E-state index in [1.807, 2.05) is 24.3 Å². The highest BCUT2D eigenvalue weighted by atomic mass is 16.5. The Bertz CT molecular complexity index is 678. The number of guanidine groups is 1. The molecule has 0 radical (unpaired) electrons. The minimum Gasteiger partial charge on any atom is -0.497 e. The minimum absolute atomic E-state index is 0.389. The van der Waals surface area contributed by atoms with Gasteiger partial charge in [0, 0.05) is 18.3 Å². The van der Waals surface area contributed by atoms with Crippen LogP contribution in [0.15, 0.2) is 53.5 Å². The van der Waals surface area contributed by atoms with Crippen molar-refractivity contribution < 1.29 is 4.74 Å². The van der Waals surface area contributed by atoms with Gasteiger partial charge in [-0.3, -0.25) is 4.90 Å². The van der Waals surface area contributed by atoms with Crippen LogP contribution >= 0.6 is 0 Å². The number of rotatable bonds is 8. The summed E-state index contributed by atoms with van der Waals surface area (Å²) >= 11 is 0. The molecule has 5 nitrogen and oxygen atoms in total. The summed E-state index contributed by atoms with van der Waals surface area (Å²) in [6, 6.07) is 16.1. The minimum atomic E-state index is 0.389. The number of nitrogens with zero attached hydrogens (tertiary/aromatic N) is 2. The second-order valence-corrected chi connectivity index (χ2v) is 5.84. The van der Waals surface area contributed by atoms with Crippen molar-refractivity contribution in [3.8, 4) is 5.75 Å². The van der Waals surface area contributed by atoms with Crippen LogP contribution in [0.3, 0.4) is 0 Å². The number of anilines is 1. The Balaban J connectivity index is 1.91. The molecule has 0 aliphatic rings. The SMILES string of the molecule is CCN(CC)Cc1ccc(CN=C(N)Nc2cccc(OC)c2)cc1. The lowest BCUT2D eigenvalue weighted by atomic mass is 10.1. The molecule has 134 valence electrons. The average molecular weight is 340 g/mol. The summed E-state index contributed by atoms with van der Waals surface area (Å²) in [7, 11) is 1.64. The number of nitrogens with two attached hydrogens (primary N) is 1. The lowest BCUT2D eigenvalue weighted by molar-refractivity contribution is 0.296. The predicted octanol–water partition coefficient (Wildman–Crippen LogP) is 3.46. The molecule has 25 heavy (non-hydrogen) atoms. The molecule has 2 rings (SSSR count). The number of methoxy groups -OCH3 is 1. The van der Waals surface area contributed by atoms with Gasteiger partial charge >= 0.3 is 0 Å². The summed E-state index contributed by atoms with van der Waals surface area (Å²) in [5.74, 6) is 1.17. The summed E-state index contributed by atoms with van der Waals surface area (Å²) in [6.07, 6.45) is 0. The fourth-order valence-corrected chi connectivity index (χ4v) is 2.52. The van der Waals surface area contributed by atoms with Gasteiger partial charge in [0.2, 0.25) is 0 Å². The van der Waals surface area contributed by atoms with E-state index in [1.54, 1.807) is 7.11 Å². The molecule has 0 aliphatic carbocycles. The van der Waals surface area contributed by atoms with Gasteiger partial charge in [0.15, 0.2) is 5.96 Å². The normalized spacial score (nSPS) is 11.6. The Hall–Kier alpha value is -2.53. The highest BCUT2D eigenvalue weighted by molar-refractivity contribution is 5.92. The highest BCUT2D eigenvalue weighted by Crippen LogP contribution is 2.16. The maximum absolute atomic E-state index is 5.97. The fourth-order valence-electron chi connectivity index (χ4n) is 2.52. The summed E-state index contributed by atoms with van der Waals surface area (Å²) in [4.78, 5) is 6.79. The van der Waals surface area contributed by atoms with Crippen LogP contribution in [0.4, 0.5) is 5.69 Å². The summed E-state index contributed by atoms with van der Waals surface area (Å²) < 4.78 is 5.20. The van der Waals surface area contributed by atoms with E-state index in [9.17, 15) is 0 Å². The molecule has 2 aromatic carbocycles. The lowest BCUT2D eigenvalue weighted by Gasteiger charge is -2.17. The predicted molar refractivity (Wildman–Crippen MR) is 105 cm³/mol. The highest BCUT2D eigenvalue weighted by Gasteiger charge is 2.02. The van der Waals surface area contributed by atoms with Crippen molar-refractivity contribution >= 4 is 11.6 Å². The standard InChI is InChI=1S/C20H28N4O/c1-4-24(5-2)15-17-11-9-16(10-12-17)14-22-20(21)23-18-7-6-8-19(13-18)25-3/h6-13H,4-5,14-15H2,1-3H3,(H3,21,22,23). The number of benzene rings is 2. The molecule has 0 saturated heterocycles. The molecule has 0 amide bonds. The summed E-state index contributed by atoms with van der Waals surface area (Å²) in [5, 5.41) is 3.08. The van der Waals surface area contributed by atoms with Crippen molar-refractivity contribution in [3.05, 3.63) is 59.7 Å². The zero-order valence-electron chi connectivity index (χ0n) is 15.3. The smallest absolute Gasteiger partial charge is 0.193 e. The van der Waals surface area contributed by atoms with Gasteiger partial charge in [0.1, 0.15) is 5.75 Å². The first-order chi connectivity index (χ1) is 12.1. The van der Waals surface area contributed by atoms with E-state index in [4.69, 9.17) is 10.5 Å². The number of hydrogen-bond donors (Lipinski definition) is 2. The van der Waals surface area contributed by atoms with Crippen LogP contribution in [-0.4, -0.2) is 31.1 Å². The first-order valence-electron chi connectivity index (χ1n) is 8.65. The molecular formula is C20H28N4O. The van der Waals surface area contributed by atoms with Crippen LogP contribution in [0.25, 0.3) is 0 Å². The van der Waals surface area contributed by atoms with Crippen molar-refractivity contribution in [2.24, 2.45) is 10.7 Å². The molecule has 3 N–H and O–H groups in total. The third-order valence-electron chi connectivity index (χ3n) is 4.10. The Kier molecular flexibility index (Phi) is 7.29. The van der Waals surface area contributed by atoms with Crippen molar-refractivity contribution in [1.82, 2.24) is 4.90 Å². The first kappa shape index (κ1) is 18.8. The van der Waals surface area contributed by atoms with Gasteiger partial charge < -0.3 is 15.8 Å². The number of hydrogen-bond acceptors (Lipinski definition) is 3. The third kappa shape index (κ3) is 6.12. The molecule has 0 spiro atoms. The van der Waals surface area contributed by atoms with Gasteiger partial charge in [-0.15, -0.1) is 0 Å². The van der Waals surface area contributed by atoms with Crippen molar-refractivity contribution in [2.45, 2.75) is 26.9 Å². The van der Waals surface area contributed by atoms with Crippen LogP contribution in [0, 0.1) is 0 Å². The maximum Gasteiger partial charge on any atom is 0.193 e. The van der Waals surface area contributed by atoms with E-state index in [2.05, 4.69) is 53.3 Å². The number of ether oxygens (including phenoxy) is 1. The molecule has 5 heteroatoms. The summed E-state index contributed by atoms with van der Waals surface area (Å²) in [6.45, 7) is 8.03. The second-order valence-electron chi connectivity index (χ2n) is 5.84. The van der Waals surface area contributed by atoms with Gasteiger partial charge in [-0.2, -0.15) is 0 Å². The van der Waals surface area contributed by atoms with Crippen LogP contribution in [0.5, 0.6) is 5.75 Å². The van der Waals surface area contributed by atoms with Crippen LogP contribution < -0.4 is 15.8 Å². The Morgan fingerprint density at radius 3 is 2.40 bits per heavy atom. The van der Waals surface area contributed by atoms with Gasteiger partial charge in [-0.1, -0.05) is 44.2 Å². The van der Waals surface area contributed by atoms with E-state index >= 15 is 0 Å². The maximum atomic E-state index is 5.97. The Morgan fingerprint density at radius 1 is 1.08 bits per heavy atom. The first-order valence-corrected chi connectivity index (χ1v) is 8.65. The molecule has 0 saturated carbocycles. The van der Waals surface area contributed by atoms with E-state index < -0.39 is 0 Å². The van der Waals surface area contributed by atoms with Gasteiger partial charge in [0.25, 0.3) is 0 Å². The van der Waals surface area contributed by atoms with Crippen LogP contribution in [-0.2, 0) is 13.1 Å². The Labute approximate surface area is 150 Å². The molecule has 0 bridgehead atoms. The average Bonchev–Trinajstić information content (AvgIpc) is 2.65. The Morgan fingerprint density at radius 2 is 1.76 bits per heavy atom. The fraction of sp³-hybridized carbons (Fsp3) is 0.350. The molecule has 2 aromatic rings. The van der Waals surface area contributed by atoms with E-state index in [0.717, 1.165) is 36.6 Å². The van der Waals surface area contributed by atoms with Crippen molar-refractivity contribution in [1.29, 1.82) is 0 Å². The molecule has 0 aliphatic heterocycles. The summed E-state index contributed by atoms with van der Waals surface area (Å²) in [5.41, 5.74) is 9.28. The third-order valence-corrected chi connectivity index (χ3v) is 4.10. The van der Waals surface area contributed by atoms with Gasteiger partial charge in [0.05, 0.1) is 13.7 Å². The molecule has 0 aromatic heterocycles. The quantitative estimate of drug-likeness (QED) is 0.570. The van der Waals surface area contributed by atoms with Crippen molar-refractivity contribution in [3.63, 3.8) is 0 Å². The zero-order chi connectivity index (χ0) is 18.1. The molecule has 0 heterocycles. The number of aliphatic imine (C=N–C) groups is 1. The topological polar surface area (TPSA) is 62.9 Å². The molecular weight excluding hydrogens is 312 g/mol. The molecule has 0 atom stereocenters. The second kappa shape index (κ2) is 9.69. The molecule has 0 unspecified atom stereocenters. The van der Waals surface area contributed by atoms with E-state index in [-0.39, 0.29) is 0 Å². The van der Waals surface area contributed by atoms with E-state index in [1.165, 1.54) is 5.56 Å². The lowest BCUT2D eigenvalue weighted by Crippen LogP contribution is -2.22. The zero-order valence-corrected chi connectivity index (χ0v) is 15.3. The van der Waals surface area contributed by atoms with Gasteiger partial charge in [-0.05, 0) is 36.3 Å². The molecule has 0 fully saturated rings. The van der Waals surface area contributed by atoms with E-state index in [0.29, 0.717) is 12.5 Å². The van der Waals surface area contributed by atoms with Crippen molar-refractivity contribution in [2.75, 3.05) is 25.5 Å².